The van der Waals surface area contributed by atoms with Crippen LogP contribution in [-0.4, -0.2) is 178 Å². The van der Waals surface area contributed by atoms with Gasteiger partial charge in [0.05, 0.1) is 53.2 Å². The fourth-order valence-electron chi connectivity index (χ4n) is 16.8. The average molecular weight is 2040 g/mol. The van der Waals surface area contributed by atoms with Gasteiger partial charge in [0.25, 0.3) is 11.8 Å². The van der Waals surface area contributed by atoms with E-state index in [0.717, 1.165) is 93.1 Å². The molecule has 4 atom stereocenters. The van der Waals surface area contributed by atoms with Crippen molar-refractivity contribution in [3.63, 3.8) is 0 Å². The topological polar surface area (TPSA) is 388 Å². The highest BCUT2D eigenvalue weighted by molar-refractivity contribution is 6.64. The number of nitrogens with one attached hydrogen (secondary N) is 5. The van der Waals surface area contributed by atoms with Crippen LogP contribution in [0.3, 0.4) is 0 Å². The second-order valence-electron chi connectivity index (χ2n) is 32.9. The molecule has 762 valence electrons. The third kappa shape index (κ3) is 25.2. The predicted molar refractivity (Wildman–Crippen MR) is 516 cm³/mol. The molecular weight excluding hydrogens is 1940 g/mol. The number of amides is 5. The summed E-state index contributed by atoms with van der Waals surface area (Å²) in [6.07, 6.45) is -13.8. The maximum Gasteiger partial charge on any atom is 0.433 e. The Morgan fingerprint density at radius 3 is 1.12 bits per heavy atom. The molecule has 40 heteroatoms. The van der Waals surface area contributed by atoms with Gasteiger partial charge in [-0.3, -0.25) is 24.0 Å². The molecule has 9 aromatic carbocycles. The van der Waals surface area contributed by atoms with Crippen LogP contribution in [0.1, 0.15) is 166 Å². The van der Waals surface area contributed by atoms with Gasteiger partial charge in [0.1, 0.15) is 83.3 Å². The number of alkyl halides is 9. The highest BCUT2D eigenvalue weighted by atomic mass is 35.5. The van der Waals surface area contributed by atoms with Crippen LogP contribution in [-0.2, 0) is 70.9 Å². The van der Waals surface area contributed by atoms with Crippen molar-refractivity contribution in [2.45, 2.75) is 115 Å². The average Bonchev–Trinajstić information content (AvgIpc) is 1.61. The number of alkyl carbamates (subject to hydrolysis) is 3. The number of esters is 3. The minimum atomic E-state index is -4.75. The minimum Gasteiger partial charge on any atom is -0.494 e. The summed E-state index contributed by atoms with van der Waals surface area (Å²) in [4.78, 5) is 140. The van der Waals surface area contributed by atoms with E-state index >= 15 is 0 Å². The van der Waals surface area contributed by atoms with Gasteiger partial charge in [-0.25, -0.2) is 43.9 Å². The number of ketones is 1. The molecule has 5 N–H and O–H groups in total. The first kappa shape index (κ1) is 107. The maximum absolute atomic E-state index is 13.4. The van der Waals surface area contributed by atoms with Gasteiger partial charge >= 0.3 is 54.7 Å². The van der Waals surface area contributed by atoms with Crippen molar-refractivity contribution < 1.29 is 139 Å². The Balaban J connectivity index is 0.000000167. The molecule has 5 amide bonds. The summed E-state index contributed by atoms with van der Waals surface area (Å²) in [5.74, 6) is -5.37. The number of carbonyl (C=O) groups is 10. The number of ether oxygens (including phenoxy) is 10. The SMILES string of the molecule is C1CCOC1.CCOC(=O)C(NC(=O)c1ccc(OC)c2nc(C(F)(F)F)ccc12)C(=O)[C@@H](C)NC(=O)OCC1c2ccccc2-c2ccccc21.CCOC(=O)CNC(=O)c1ccc(OC)c2nc(C(F)(F)F)ccc12.CCOC(=O)c1nc(-c2ccc(OC)c3nc(C(F)(F)F)ccc23)oc1[C@H](C)NC(=O)OCC1c2ccccc2-c2ccccc21.C[C@H](NC(=O)OCC1c2ccccc2-c2ccccc21)C(=O)Cl. The fraction of sp³-hybridized carbons (Fsp3) is 0.283. The van der Waals surface area contributed by atoms with Crippen molar-refractivity contribution in [2.75, 3.05) is 80.7 Å². The summed E-state index contributed by atoms with van der Waals surface area (Å²) in [6.45, 7) is 11.2. The van der Waals surface area contributed by atoms with Gasteiger partial charge in [-0.2, -0.15) is 39.5 Å². The lowest BCUT2D eigenvalue weighted by molar-refractivity contribution is -0.149. The van der Waals surface area contributed by atoms with Crippen molar-refractivity contribution in [3.05, 3.63) is 291 Å². The molecule has 3 aliphatic carbocycles. The summed E-state index contributed by atoms with van der Waals surface area (Å²) >= 11 is 5.32. The van der Waals surface area contributed by atoms with Crippen LogP contribution in [0.4, 0.5) is 53.9 Å². The zero-order valence-corrected chi connectivity index (χ0v) is 80.5. The first-order valence-corrected chi connectivity index (χ1v) is 46.2. The van der Waals surface area contributed by atoms with Crippen LogP contribution >= 0.6 is 11.6 Å². The number of aromatic nitrogens is 4. The molecule has 1 saturated heterocycles. The number of benzene rings is 9. The van der Waals surface area contributed by atoms with Gasteiger partial charge in [-0.05, 0) is 206 Å². The molecule has 0 spiro atoms. The first-order chi connectivity index (χ1) is 69.9. The molecule has 4 aromatic heterocycles. The number of pyridine rings is 3. The minimum absolute atomic E-state index is 0.00448. The molecule has 5 heterocycles. The van der Waals surface area contributed by atoms with E-state index in [-0.39, 0.29) is 148 Å². The Labute approximate surface area is 834 Å². The van der Waals surface area contributed by atoms with E-state index in [1.54, 1.807) is 20.8 Å². The van der Waals surface area contributed by atoms with E-state index in [1.807, 2.05) is 133 Å². The summed E-state index contributed by atoms with van der Waals surface area (Å²) in [7, 11) is 3.84. The third-order valence-electron chi connectivity index (χ3n) is 23.6. The second kappa shape index (κ2) is 47.9. The molecule has 0 saturated carbocycles. The van der Waals surface area contributed by atoms with E-state index in [0.29, 0.717) is 6.07 Å². The molecule has 0 radical (unpaired) electrons. The van der Waals surface area contributed by atoms with Crippen molar-refractivity contribution >= 4 is 103 Å². The Hall–Kier alpha value is -16.1. The number of oxazole rings is 1. The molecule has 30 nitrogen and oxygen atoms in total. The molecule has 1 fully saturated rings. The molecule has 146 heavy (non-hydrogen) atoms. The molecular formula is C106H97ClF9N9O21. The molecule has 0 bridgehead atoms. The number of halogens is 10. The van der Waals surface area contributed by atoms with Crippen molar-refractivity contribution in [1.82, 2.24) is 46.5 Å². The third-order valence-corrected chi connectivity index (χ3v) is 24.0. The number of fused-ring (bicyclic) bond motifs is 12. The zero-order chi connectivity index (χ0) is 105. The standard InChI is InChI=1S/C34H30F3N3O7.C34H28F3N3O6.C18H16ClNO3.C16H15F3N2O4.C4H8O/c1-4-46-32(43)29(40-31(42)24-13-15-26(45-3)28-23(24)14-16-27(39-28)34(35,36)37)30(41)18(2)38-33(44)47-17-25-21-11-7-5-9-19(21)20-10-6-8-12-22(20)25;1-4-44-32(41)29-30(46-31(40-29)24-13-15-26(43-3)28-23(24)14-16-27(39-28)34(35,36)37)18(2)38-33(42)45-17-25-21-11-7-5-9-19(21)20-10-6-8-12-22(20)25;1-11(17(19)21)20-18(22)23-10-16-14-8-4-2-6-12(14)13-7-3-5-9-15(13)16;1-3-25-13(22)8-20-15(23)10-4-6-11(24-2)14-9(10)5-7-12(21-14)16(17,18)19;1-2-4-5-3-1/h5-16,18,25,29H,4,17H2,1-3H3,(H,38,44)(H,40,42);5-16,18,25H,4,17H2,1-3H3,(H,38,42);2-9,11,16H,10H2,1H3,(H,20,22);4-7H,3,8H2,1-2H3,(H,20,23);1-4H2/t18-,29?;18-;11-;;/m100../s1. The van der Waals surface area contributed by atoms with Gasteiger partial charge in [0.2, 0.25) is 11.1 Å². The quantitative estimate of drug-likeness (QED) is 0.0105. The van der Waals surface area contributed by atoms with Crippen molar-refractivity contribution in [3.8, 4) is 62.1 Å². The number of hydrogen-bond acceptors (Lipinski definition) is 25. The van der Waals surface area contributed by atoms with Gasteiger partial charge < -0.3 is 78.4 Å². The highest BCUT2D eigenvalue weighted by Crippen LogP contribution is 2.49. The zero-order valence-electron chi connectivity index (χ0n) is 79.7. The molecule has 1 unspecified atom stereocenters. The Bertz CT molecular complexity index is 6900. The molecule has 1 aliphatic heterocycles. The normalized spacial score (nSPS) is 13.4. The summed E-state index contributed by atoms with van der Waals surface area (Å²) in [6, 6.07) is 56.7. The fourth-order valence-corrected chi connectivity index (χ4v) is 16.8. The van der Waals surface area contributed by atoms with Gasteiger partial charge in [-0.15, -0.1) is 0 Å². The van der Waals surface area contributed by atoms with Crippen LogP contribution in [0.5, 0.6) is 17.2 Å². The Morgan fingerprint density at radius 2 is 0.753 bits per heavy atom. The highest BCUT2D eigenvalue weighted by Gasteiger charge is 2.41. The summed E-state index contributed by atoms with van der Waals surface area (Å²) < 4.78 is 177. The van der Waals surface area contributed by atoms with Crippen LogP contribution in [0, 0.1) is 0 Å². The van der Waals surface area contributed by atoms with Crippen molar-refractivity contribution in [2.24, 2.45) is 0 Å². The Kier molecular flexibility index (Phi) is 35.2. The Morgan fingerprint density at radius 1 is 0.397 bits per heavy atom. The lowest BCUT2D eigenvalue weighted by atomic mass is 9.98. The van der Waals surface area contributed by atoms with Gasteiger partial charge in [0, 0.05) is 63.8 Å². The van der Waals surface area contributed by atoms with E-state index in [1.165, 1.54) is 109 Å². The molecule has 17 rings (SSSR count). The van der Waals surface area contributed by atoms with E-state index in [4.69, 9.17) is 63.4 Å². The monoisotopic (exact) mass is 2040 g/mol. The first-order valence-electron chi connectivity index (χ1n) is 45.8. The lowest BCUT2D eigenvalue weighted by Gasteiger charge is -2.21. The number of nitrogens with zero attached hydrogens (tertiary/aromatic N) is 4. The van der Waals surface area contributed by atoms with E-state index in [9.17, 15) is 87.5 Å². The smallest absolute Gasteiger partial charge is 0.433 e. The largest absolute Gasteiger partial charge is 0.494 e. The molecule has 4 aliphatic rings. The second-order valence-corrected chi connectivity index (χ2v) is 33.3. The van der Waals surface area contributed by atoms with Crippen LogP contribution < -0.4 is 40.8 Å². The number of hydrogen-bond donors (Lipinski definition) is 5. The summed E-state index contributed by atoms with van der Waals surface area (Å²) in [5, 5.41) is 11.9. The number of carbonyl (C=O) groups excluding carboxylic acids is 10. The number of rotatable bonds is 27. The summed E-state index contributed by atoms with van der Waals surface area (Å²) in [5.41, 5.74) is 9.09. The van der Waals surface area contributed by atoms with E-state index < -0.39 is 119 Å². The lowest BCUT2D eigenvalue weighted by Crippen LogP contribution is -2.54. The molecule has 13 aromatic rings. The number of methoxy groups -OCH3 is 3. The van der Waals surface area contributed by atoms with Crippen molar-refractivity contribution in [1.29, 1.82) is 0 Å². The maximum atomic E-state index is 13.4. The predicted octanol–water partition coefficient (Wildman–Crippen LogP) is 20.1. The van der Waals surface area contributed by atoms with Crippen LogP contribution in [0.25, 0.3) is 77.5 Å². The van der Waals surface area contributed by atoms with Crippen LogP contribution in [0.15, 0.2) is 223 Å². The van der Waals surface area contributed by atoms with Gasteiger partial charge in [0.15, 0.2) is 23.3 Å². The van der Waals surface area contributed by atoms with Gasteiger partial charge in [-0.1, -0.05) is 146 Å². The number of Topliss-reactive ketones (excluding diaryl/α,β-unsaturated/α-hetero) is 1. The van der Waals surface area contributed by atoms with Crippen LogP contribution in [0.2, 0.25) is 0 Å². The van der Waals surface area contributed by atoms with E-state index in [2.05, 4.69) is 58.7 Å².